The SMILES string of the molecule is NC(CC(=O)O)C(Br)C(N)CC(=O)O. The second-order valence-corrected chi connectivity index (χ2v) is 4.03. The monoisotopic (exact) mass is 268 g/mol. The van der Waals surface area contributed by atoms with Gasteiger partial charge in [-0.25, -0.2) is 0 Å². The molecule has 14 heavy (non-hydrogen) atoms. The number of carboxylic acid groups (broad SMARTS) is 2. The van der Waals surface area contributed by atoms with Crippen LogP contribution in [0.3, 0.4) is 0 Å². The maximum absolute atomic E-state index is 10.3. The lowest BCUT2D eigenvalue weighted by atomic mass is 10.0. The van der Waals surface area contributed by atoms with Gasteiger partial charge in [-0.1, -0.05) is 15.9 Å². The fourth-order valence-corrected chi connectivity index (χ4v) is 1.32. The van der Waals surface area contributed by atoms with Gasteiger partial charge in [0.15, 0.2) is 0 Å². The second kappa shape index (κ2) is 5.94. The van der Waals surface area contributed by atoms with Crippen molar-refractivity contribution in [1.82, 2.24) is 0 Å². The van der Waals surface area contributed by atoms with Gasteiger partial charge >= 0.3 is 11.9 Å². The summed E-state index contributed by atoms with van der Waals surface area (Å²) >= 11 is 3.09. The first-order valence-electron chi connectivity index (χ1n) is 3.93. The number of carboxylic acids is 2. The van der Waals surface area contributed by atoms with E-state index in [4.69, 9.17) is 21.7 Å². The van der Waals surface area contributed by atoms with Crippen LogP contribution < -0.4 is 11.5 Å². The third-order valence-electron chi connectivity index (χ3n) is 1.64. The number of nitrogens with two attached hydrogens (primary N) is 2. The number of aliphatic carboxylic acids is 2. The summed E-state index contributed by atoms with van der Waals surface area (Å²) in [6.07, 6.45) is -0.494. The van der Waals surface area contributed by atoms with Crippen LogP contribution in [0.1, 0.15) is 12.8 Å². The van der Waals surface area contributed by atoms with Crippen LogP contribution in [0.4, 0.5) is 0 Å². The number of alkyl halides is 1. The van der Waals surface area contributed by atoms with E-state index in [0.717, 1.165) is 0 Å². The van der Waals surface area contributed by atoms with Crippen molar-refractivity contribution in [2.45, 2.75) is 29.8 Å². The van der Waals surface area contributed by atoms with Crippen LogP contribution in [0.25, 0.3) is 0 Å². The van der Waals surface area contributed by atoms with Crippen LogP contribution in [-0.4, -0.2) is 39.1 Å². The molecule has 0 spiro atoms. The highest BCUT2D eigenvalue weighted by molar-refractivity contribution is 9.09. The fourth-order valence-electron chi connectivity index (χ4n) is 0.946. The predicted molar refractivity (Wildman–Crippen MR) is 53.2 cm³/mol. The summed E-state index contributed by atoms with van der Waals surface area (Å²) in [6, 6.07) is -1.39. The highest BCUT2D eigenvalue weighted by Gasteiger charge is 2.25. The van der Waals surface area contributed by atoms with Crippen molar-refractivity contribution in [3.8, 4) is 0 Å². The number of halogens is 1. The van der Waals surface area contributed by atoms with Gasteiger partial charge in [0.1, 0.15) is 0 Å². The van der Waals surface area contributed by atoms with Crippen molar-refractivity contribution < 1.29 is 19.8 Å². The molecule has 7 heteroatoms. The van der Waals surface area contributed by atoms with E-state index in [-0.39, 0.29) is 12.8 Å². The fraction of sp³-hybridized carbons (Fsp3) is 0.714. The van der Waals surface area contributed by atoms with E-state index in [1.54, 1.807) is 0 Å². The second-order valence-electron chi connectivity index (χ2n) is 2.97. The molecule has 6 N–H and O–H groups in total. The Kier molecular flexibility index (Phi) is 5.66. The summed E-state index contributed by atoms with van der Waals surface area (Å²) in [5.41, 5.74) is 11.0. The lowest BCUT2D eigenvalue weighted by Gasteiger charge is -2.21. The molecular formula is C7H13BrN2O4. The normalized spacial score (nSPS) is 17.1. The summed E-state index contributed by atoms with van der Waals surface area (Å²) in [6.45, 7) is 0. The molecule has 0 radical (unpaired) electrons. The third-order valence-corrected chi connectivity index (χ3v) is 3.00. The Balaban J connectivity index is 4.09. The van der Waals surface area contributed by atoms with Gasteiger partial charge < -0.3 is 21.7 Å². The summed E-state index contributed by atoms with van der Waals surface area (Å²) in [4.78, 5) is 20.1. The molecule has 0 saturated heterocycles. The maximum atomic E-state index is 10.3. The van der Waals surface area contributed by atoms with Crippen molar-refractivity contribution >= 4 is 27.9 Å². The number of hydrogen-bond donors (Lipinski definition) is 4. The minimum Gasteiger partial charge on any atom is -0.481 e. The molecule has 0 aromatic carbocycles. The minimum absolute atomic E-state index is 0.247. The largest absolute Gasteiger partial charge is 0.481 e. The molecule has 0 aromatic rings. The van der Waals surface area contributed by atoms with E-state index >= 15 is 0 Å². The first-order chi connectivity index (χ1) is 6.34. The lowest BCUT2D eigenvalue weighted by Crippen LogP contribution is -2.45. The van der Waals surface area contributed by atoms with E-state index < -0.39 is 28.8 Å². The average Bonchev–Trinajstić information content (AvgIpc) is 2.00. The van der Waals surface area contributed by atoms with Gasteiger partial charge in [0.05, 0.1) is 12.8 Å². The zero-order chi connectivity index (χ0) is 11.3. The highest BCUT2D eigenvalue weighted by atomic mass is 79.9. The molecule has 0 fully saturated rings. The van der Waals surface area contributed by atoms with E-state index in [1.165, 1.54) is 0 Å². The maximum Gasteiger partial charge on any atom is 0.304 e. The molecule has 2 unspecified atom stereocenters. The quantitative estimate of drug-likeness (QED) is 0.475. The molecule has 6 nitrogen and oxygen atoms in total. The Morgan fingerprint density at radius 2 is 1.36 bits per heavy atom. The van der Waals surface area contributed by atoms with Crippen LogP contribution in [-0.2, 0) is 9.59 Å². The molecule has 0 saturated carbocycles. The third kappa shape index (κ3) is 5.15. The zero-order valence-electron chi connectivity index (χ0n) is 7.39. The van der Waals surface area contributed by atoms with Gasteiger partial charge in [-0.05, 0) is 0 Å². The summed E-state index contributed by atoms with van der Waals surface area (Å²) in [7, 11) is 0. The van der Waals surface area contributed by atoms with Crippen LogP contribution >= 0.6 is 15.9 Å². The molecule has 0 amide bonds. The smallest absolute Gasteiger partial charge is 0.304 e. The number of carbonyl (C=O) groups is 2. The van der Waals surface area contributed by atoms with Gasteiger partial charge in [0, 0.05) is 16.9 Å². The topological polar surface area (TPSA) is 127 Å². The van der Waals surface area contributed by atoms with E-state index in [1.807, 2.05) is 0 Å². The van der Waals surface area contributed by atoms with Crippen molar-refractivity contribution in [2.24, 2.45) is 11.5 Å². The van der Waals surface area contributed by atoms with Crippen LogP contribution in [0.15, 0.2) is 0 Å². The van der Waals surface area contributed by atoms with Crippen LogP contribution in [0.2, 0.25) is 0 Å². The molecule has 0 bridgehead atoms. The molecule has 0 aliphatic rings. The average molecular weight is 269 g/mol. The molecule has 2 atom stereocenters. The molecule has 0 aliphatic heterocycles. The van der Waals surface area contributed by atoms with Crippen molar-refractivity contribution in [2.75, 3.05) is 0 Å². The molecular weight excluding hydrogens is 256 g/mol. The Morgan fingerprint density at radius 3 is 1.57 bits per heavy atom. The van der Waals surface area contributed by atoms with Crippen LogP contribution in [0.5, 0.6) is 0 Å². The Hall–Kier alpha value is -0.660. The van der Waals surface area contributed by atoms with Gasteiger partial charge in [-0.15, -0.1) is 0 Å². The Bertz CT molecular complexity index is 202. The van der Waals surface area contributed by atoms with Gasteiger partial charge in [0.2, 0.25) is 0 Å². The lowest BCUT2D eigenvalue weighted by molar-refractivity contribution is -0.137. The Morgan fingerprint density at radius 1 is 1.07 bits per heavy atom. The summed E-state index contributed by atoms with van der Waals surface area (Å²) < 4.78 is 0. The van der Waals surface area contributed by atoms with Crippen molar-refractivity contribution in [3.63, 3.8) is 0 Å². The van der Waals surface area contributed by atoms with Gasteiger partial charge in [-0.3, -0.25) is 9.59 Å². The van der Waals surface area contributed by atoms with Crippen molar-refractivity contribution in [1.29, 1.82) is 0 Å². The predicted octanol–water partition coefficient (Wildman–Crippen LogP) is -0.646. The zero-order valence-corrected chi connectivity index (χ0v) is 8.98. The van der Waals surface area contributed by atoms with E-state index in [2.05, 4.69) is 15.9 Å². The Labute approximate surface area is 89.4 Å². The van der Waals surface area contributed by atoms with E-state index in [9.17, 15) is 9.59 Å². The van der Waals surface area contributed by atoms with Gasteiger partial charge in [0.25, 0.3) is 0 Å². The standard InChI is InChI=1S/C7H13BrN2O4/c8-7(3(9)1-5(11)12)4(10)2-6(13)14/h3-4,7H,1-2,9-10H2,(H,11,12)(H,13,14). The first kappa shape index (κ1) is 13.3. The summed E-state index contributed by atoms with van der Waals surface area (Å²) in [5.74, 6) is -2.08. The molecule has 82 valence electrons. The van der Waals surface area contributed by atoms with Crippen molar-refractivity contribution in [3.05, 3.63) is 0 Å². The van der Waals surface area contributed by atoms with Gasteiger partial charge in [-0.2, -0.15) is 0 Å². The highest BCUT2D eigenvalue weighted by Crippen LogP contribution is 2.13. The molecule has 0 rings (SSSR count). The molecule has 0 aromatic heterocycles. The summed E-state index contributed by atoms with van der Waals surface area (Å²) in [5, 5.41) is 16.9. The first-order valence-corrected chi connectivity index (χ1v) is 4.85. The van der Waals surface area contributed by atoms with Crippen LogP contribution in [0, 0.1) is 0 Å². The number of hydrogen-bond acceptors (Lipinski definition) is 4. The molecule has 0 heterocycles. The number of rotatable bonds is 6. The minimum atomic E-state index is -1.04. The van der Waals surface area contributed by atoms with E-state index in [0.29, 0.717) is 0 Å². The molecule has 0 aliphatic carbocycles.